The fourth-order valence-corrected chi connectivity index (χ4v) is 2.25. The monoisotopic (exact) mass is 296 g/mol. The molecule has 1 aromatic heterocycles. The van der Waals surface area contributed by atoms with Gasteiger partial charge in [-0.3, -0.25) is 4.79 Å². The number of amides is 1. The molecule has 3 aromatic rings. The molecule has 112 valence electrons. The van der Waals surface area contributed by atoms with Crippen molar-refractivity contribution in [1.29, 1.82) is 0 Å². The molecule has 0 aliphatic carbocycles. The number of ether oxygens (including phenoxy) is 1. The SMILES string of the molecule is COc1cccc(CCNC(=O)c2ccc3ncoc3c2)c1. The fraction of sp³-hybridized carbons (Fsp3) is 0.176. The highest BCUT2D eigenvalue weighted by Crippen LogP contribution is 2.15. The molecule has 0 saturated carbocycles. The molecule has 0 saturated heterocycles. The van der Waals surface area contributed by atoms with Gasteiger partial charge in [-0.1, -0.05) is 12.1 Å². The molecule has 5 heteroatoms. The first-order valence-electron chi connectivity index (χ1n) is 7.00. The van der Waals surface area contributed by atoms with Gasteiger partial charge in [0.2, 0.25) is 0 Å². The van der Waals surface area contributed by atoms with Crippen LogP contribution in [0.3, 0.4) is 0 Å². The minimum absolute atomic E-state index is 0.124. The van der Waals surface area contributed by atoms with Crippen LogP contribution in [0, 0.1) is 0 Å². The van der Waals surface area contributed by atoms with E-state index in [9.17, 15) is 4.79 Å². The fourth-order valence-electron chi connectivity index (χ4n) is 2.25. The van der Waals surface area contributed by atoms with Crippen LogP contribution in [0.25, 0.3) is 11.1 Å². The maximum absolute atomic E-state index is 12.1. The first-order chi connectivity index (χ1) is 10.8. The van der Waals surface area contributed by atoms with Gasteiger partial charge in [-0.15, -0.1) is 0 Å². The number of benzene rings is 2. The number of fused-ring (bicyclic) bond motifs is 1. The first-order valence-corrected chi connectivity index (χ1v) is 7.00. The second kappa shape index (κ2) is 6.30. The van der Waals surface area contributed by atoms with Gasteiger partial charge in [0.15, 0.2) is 12.0 Å². The maximum Gasteiger partial charge on any atom is 0.251 e. The van der Waals surface area contributed by atoms with Crippen LogP contribution in [0.2, 0.25) is 0 Å². The summed E-state index contributed by atoms with van der Waals surface area (Å²) in [5, 5.41) is 2.90. The zero-order valence-electron chi connectivity index (χ0n) is 12.2. The molecule has 0 aliphatic rings. The summed E-state index contributed by atoms with van der Waals surface area (Å²) < 4.78 is 10.4. The highest BCUT2D eigenvalue weighted by molar-refractivity contribution is 5.96. The van der Waals surface area contributed by atoms with Gasteiger partial charge in [0.25, 0.3) is 5.91 Å². The Morgan fingerprint density at radius 2 is 2.18 bits per heavy atom. The number of carbonyl (C=O) groups excluding carboxylic acids is 1. The van der Waals surface area contributed by atoms with Crippen molar-refractivity contribution in [3.05, 3.63) is 60.0 Å². The molecule has 1 heterocycles. The average Bonchev–Trinajstić information content (AvgIpc) is 3.02. The summed E-state index contributed by atoms with van der Waals surface area (Å²) in [6.45, 7) is 0.556. The van der Waals surface area contributed by atoms with E-state index < -0.39 is 0 Å². The number of rotatable bonds is 5. The van der Waals surface area contributed by atoms with Gasteiger partial charge in [0.1, 0.15) is 11.3 Å². The number of oxazole rings is 1. The molecule has 5 nitrogen and oxygen atoms in total. The lowest BCUT2D eigenvalue weighted by Crippen LogP contribution is -2.25. The van der Waals surface area contributed by atoms with E-state index in [-0.39, 0.29) is 5.91 Å². The van der Waals surface area contributed by atoms with Gasteiger partial charge < -0.3 is 14.5 Å². The lowest BCUT2D eigenvalue weighted by Gasteiger charge is -2.06. The van der Waals surface area contributed by atoms with Crippen molar-refractivity contribution < 1.29 is 13.9 Å². The van der Waals surface area contributed by atoms with Gasteiger partial charge in [0, 0.05) is 12.1 Å². The second-order valence-electron chi connectivity index (χ2n) is 4.89. The number of carbonyl (C=O) groups is 1. The molecule has 0 bridgehead atoms. The minimum Gasteiger partial charge on any atom is -0.497 e. The predicted octanol–water partition coefficient (Wildman–Crippen LogP) is 2.81. The Hall–Kier alpha value is -2.82. The normalized spacial score (nSPS) is 10.6. The van der Waals surface area contributed by atoms with Crippen molar-refractivity contribution in [2.24, 2.45) is 0 Å². The van der Waals surface area contributed by atoms with E-state index >= 15 is 0 Å². The molecule has 0 fully saturated rings. The summed E-state index contributed by atoms with van der Waals surface area (Å²) in [4.78, 5) is 16.2. The standard InChI is InChI=1S/C17H16N2O3/c1-21-14-4-2-3-12(9-14)7-8-18-17(20)13-5-6-15-16(10-13)22-11-19-15/h2-6,9-11H,7-8H2,1H3,(H,18,20). The van der Waals surface area contributed by atoms with E-state index in [1.165, 1.54) is 6.39 Å². The second-order valence-corrected chi connectivity index (χ2v) is 4.89. The Morgan fingerprint density at radius 1 is 1.27 bits per heavy atom. The van der Waals surface area contributed by atoms with Gasteiger partial charge in [-0.25, -0.2) is 4.98 Å². The van der Waals surface area contributed by atoms with Crippen LogP contribution in [0.1, 0.15) is 15.9 Å². The van der Waals surface area contributed by atoms with E-state index in [2.05, 4.69) is 10.3 Å². The van der Waals surface area contributed by atoms with Crippen molar-refractivity contribution in [2.45, 2.75) is 6.42 Å². The zero-order valence-corrected chi connectivity index (χ0v) is 12.2. The highest BCUT2D eigenvalue weighted by Gasteiger charge is 2.08. The van der Waals surface area contributed by atoms with Crippen molar-refractivity contribution in [3.63, 3.8) is 0 Å². The summed E-state index contributed by atoms with van der Waals surface area (Å²) in [6, 6.07) is 13.0. The lowest BCUT2D eigenvalue weighted by molar-refractivity contribution is 0.0954. The topological polar surface area (TPSA) is 64.4 Å². The average molecular weight is 296 g/mol. The minimum atomic E-state index is -0.124. The van der Waals surface area contributed by atoms with Gasteiger partial charge in [-0.05, 0) is 42.3 Å². The first kappa shape index (κ1) is 14.1. The molecule has 1 N–H and O–H groups in total. The van der Waals surface area contributed by atoms with E-state index in [1.54, 1.807) is 25.3 Å². The molecule has 0 radical (unpaired) electrons. The number of nitrogens with one attached hydrogen (secondary N) is 1. The highest BCUT2D eigenvalue weighted by atomic mass is 16.5. The Kier molecular flexibility index (Phi) is 4.05. The number of hydrogen-bond acceptors (Lipinski definition) is 4. The third-order valence-corrected chi connectivity index (χ3v) is 3.43. The van der Waals surface area contributed by atoms with E-state index in [0.717, 1.165) is 23.3 Å². The van der Waals surface area contributed by atoms with Gasteiger partial charge in [-0.2, -0.15) is 0 Å². The Labute approximate surface area is 127 Å². The van der Waals surface area contributed by atoms with Crippen LogP contribution in [0.15, 0.2) is 53.3 Å². The third-order valence-electron chi connectivity index (χ3n) is 3.43. The number of hydrogen-bond donors (Lipinski definition) is 1. The molecule has 2 aromatic carbocycles. The zero-order chi connectivity index (χ0) is 15.4. The molecular formula is C17H16N2O3. The largest absolute Gasteiger partial charge is 0.497 e. The molecule has 0 atom stereocenters. The predicted molar refractivity (Wildman–Crippen MR) is 83.0 cm³/mol. The number of nitrogens with zero attached hydrogens (tertiary/aromatic N) is 1. The summed E-state index contributed by atoms with van der Waals surface area (Å²) in [6.07, 6.45) is 2.11. The number of methoxy groups -OCH3 is 1. The van der Waals surface area contributed by atoms with E-state index in [4.69, 9.17) is 9.15 Å². The third kappa shape index (κ3) is 3.09. The lowest BCUT2D eigenvalue weighted by atomic mass is 10.1. The summed E-state index contributed by atoms with van der Waals surface area (Å²) >= 11 is 0. The van der Waals surface area contributed by atoms with E-state index in [0.29, 0.717) is 17.7 Å². The van der Waals surface area contributed by atoms with E-state index in [1.807, 2.05) is 24.3 Å². The Balaban J connectivity index is 1.59. The Morgan fingerprint density at radius 3 is 3.05 bits per heavy atom. The number of aromatic nitrogens is 1. The van der Waals surface area contributed by atoms with Crippen LogP contribution >= 0.6 is 0 Å². The van der Waals surface area contributed by atoms with Crippen LogP contribution < -0.4 is 10.1 Å². The van der Waals surface area contributed by atoms with Crippen molar-refractivity contribution in [3.8, 4) is 5.75 Å². The van der Waals surface area contributed by atoms with Crippen molar-refractivity contribution in [2.75, 3.05) is 13.7 Å². The van der Waals surface area contributed by atoms with Crippen molar-refractivity contribution >= 4 is 17.0 Å². The van der Waals surface area contributed by atoms with Crippen LogP contribution in [-0.4, -0.2) is 24.5 Å². The Bertz CT molecular complexity index is 795. The molecule has 0 aliphatic heterocycles. The molecule has 22 heavy (non-hydrogen) atoms. The molecule has 0 spiro atoms. The maximum atomic E-state index is 12.1. The summed E-state index contributed by atoms with van der Waals surface area (Å²) in [7, 11) is 1.64. The van der Waals surface area contributed by atoms with Crippen LogP contribution in [0.5, 0.6) is 5.75 Å². The molecule has 1 amide bonds. The summed E-state index contributed by atoms with van der Waals surface area (Å²) in [5.74, 6) is 0.695. The van der Waals surface area contributed by atoms with Crippen molar-refractivity contribution in [1.82, 2.24) is 10.3 Å². The van der Waals surface area contributed by atoms with Gasteiger partial charge in [0.05, 0.1) is 7.11 Å². The van der Waals surface area contributed by atoms with Gasteiger partial charge >= 0.3 is 0 Å². The van der Waals surface area contributed by atoms with Crippen LogP contribution in [0.4, 0.5) is 0 Å². The quantitative estimate of drug-likeness (QED) is 0.786. The summed E-state index contributed by atoms with van der Waals surface area (Å²) in [5.41, 5.74) is 3.04. The molecular weight excluding hydrogens is 280 g/mol. The molecule has 3 rings (SSSR count). The van der Waals surface area contributed by atoms with Crippen LogP contribution in [-0.2, 0) is 6.42 Å². The molecule has 0 unspecified atom stereocenters. The smallest absolute Gasteiger partial charge is 0.251 e.